The van der Waals surface area contributed by atoms with E-state index in [1.807, 2.05) is 0 Å². The topological polar surface area (TPSA) is 60.4 Å². The molecule has 6 nitrogen and oxygen atoms in total. The van der Waals surface area contributed by atoms with Gasteiger partial charge in [0.25, 0.3) is 0 Å². The van der Waals surface area contributed by atoms with Gasteiger partial charge in [-0.25, -0.2) is 5.01 Å². The molecule has 6 heteroatoms. The van der Waals surface area contributed by atoms with Crippen molar-refractivity contribution in [3.8, 4) is 0 Å². The zero-order valence-electron chi connectivity index (χ0n) is 14.0. The van der Waals surface area contributed by atoms with Gasteiger partial charge in [-0.15, -0.1) is 0 Å². The third-order valence-electron chi connectivity index (χ3n) is 5.02. The Balaban J connectivity index is 1.57. The van der Waals surface area contributed by atoms with Crippen molar-refractivity contribution in [2.24, 2.45) is 16.9 Å². The number of amides is 1. The predicted octanol–water partition coefficient (Wildman–Crippen LogP) is 2.18. The first-order chi connectivity index (χ1) is 11.3. The number of nitrogens with zero attached hydrogens (tertiary/aromatic N) is 2. The normalized spacial score (nSPS) is 31.7. The first-order valence-electron chi connectivity index (χ1n) is 8.90. The van der Waals surface area contributed by atoms with Crippen LogP contribution < -0.4 is 0 Å². The molecule has 0 bridgehead atoms. The lowest BCUT2D eigenvalue weighted by Crippen LogP contribution is -2.48. The van der Waals surface area contributed by atoms with Crippen molar-refractivity contribution in [3.05, 3.63) is 0 Å². The highest BCUT2D eigenvalue weighted by Gasteiger charge is 2.40. The zero-order valence-corrected chi connectivity index (χ0v) is 14.0. The fourth-order valence-electron chi connectivity index (χ4n) is 3.79. The van der Waals surface area contributed by atoms with Crippen LogP contribution in [0.2, 0.25) is 0 Å². The summed E-state index contributed by atoms with van der Waals surface area (Å²) >= 11 is 0. The molecule has 1 saturated carbocycles. The van der Waals surface area contributed by atoms with Crippen LogP contribution in [0.4, 0.5) is 0 Å². The van der Waals surface area contributed by atoms with Gasteiger partial charge in [0.15, 0.2) is 6.29 Å². The van der Waals surface area contributed by atoms with Crippen molar-refractivity contribution < 1.29 is 19.0 Å². The zero-order chi connectivity index (χ0) is 16.1. The molecule has 0 radical (unpaired) electrons. The van der Waals surface area contributed by atoms with E-state index in [2.05, 4.69) is 5.10 Å². The number of fused-ring (bicyclic) bond motifs is 1. The highest BCUT2D eigenvalue weighted by atomic mass is 16.7. The molecule has 1 saturated heterocycles. The van der Waals surface area contributed by atoms with E-state index in [0.29, 0.717) is 19.8 Å². The minimum atomic E-state index is -0.117. The summed E-state index contributed by atoms with van der Waals surface area (Å²) in [6.07, 6.45) is 7.49. The van der Waals surface area contributed by atoms with Crippen LogP contribution in [0.5, 0.6) is 0 Å². The van der Waals surface area contributed by atoms with Gasteiger partial charge in [-0.2, -0.15) is 5.10 Å². The van der Waals surface area contributed by atoms with Gasteiger partial charge in [0, 0.05) is 25.3 Å². The molecule has 3 unspecified atom stereocenters. The quantitative estimate of drug-likeness (QED) is 0.751. The van der Waals surface area contributed by atoms with Gasteiger partial charge < -0.3 is 14.2 Å². The van der Waals surface area contributed by atoms with E-state index in [1.165, 1.54) is 18.6 Å². The highest BCUT2D eigenvalue weighted by molar-refractivity contribution is 5.96. The van der Waals surface area contributed by atoms with E-state index in [9.17, 15) is 4.79 Å². The van der Waals surface area contributed by atoms with Gasteiger partial charge in [-0.05, 0) is 38.5 Å². The van der Waals surface area contributed by atoms with Crippen LogP contribution in [0, 0.1) is 11.8 Å². The van der Waals surface area contributed by atoms with Gasteiger partial charge in [0.1, 0.15) is 0 Å². The Hall–Kier alpha value is -0.980. The Morgan fingerprint density at radius 1 is 1.26 bits per heavy atom. The average Bonchev–Trinajstić information content (AvgIpc) is 2.59. The second-order valence-corrected chi connectivity index (χ2v) is 6.63. The summed E-state index contributed by atoms with van der Waals surface area (Å²) in [4.78, 5) is 12.7. The molecule has 23 heavy (non-hydrogen) atoms. The molecule has 2 aliphatic heterocycles. The van der Waals surface area contributed by atoms with Crippen LogP contribution in [0.15, 0.2) is 5.10 Å². The summed E-state index contributed by atoms with van der Waals surface area (Å²) in [5, 5.41) is 6.22. The van der Waals surface area contributed by atoms with Gasteiger partial charge >= 0.3 is 0 Å². The Bertz CT molecular complexity index is 434. The van der Waals surface area contributed by atoms with Crippen molar-refractivity contribution in [2.45, 2.75) is 51.2 Å². The number of carbonyl (C=O) groups is 1. The van der Waals surface area contributed by atoms with Crippen molar-refractivity contribution in [1.29, 1.82) is 0 Å². The van der Waals surface area contributed by atoms with Gasteiger partial charge in [-0.1, -0.05) is 6.42 Å². The number of methoxy groups -OCH3 is 1. The second-order valence-electron chi connectivity index (χ2n) is 6.63. The molecular formula is C17H28N2O4. The minimum absolute atomic E-state index is 0.0793. The third-order valence-corrected chi connectivity index (χ3v) is 5.02. The molecule has 1 aliphatic carbocycles. The van der Waals surface area contributed by atoms with Crippen LogP contribution in [0.25, 0.3) is 0 Å². The fraction of sp³-hybridized carbons (Fsp3) is 0.882. The summed E-state index contributed by atoms with van der Waals surface area (Å²) < 4.78 is 16.6. The number of hydrazone groups is 1. The molecular weight excluding hydrogens is 296 g/mol. The smallest absolute Gasteiger partial charge is 0.248 e. The lowest BCUT2D eigenvalue weighted by molar-refractivity contribution is -0.167. The van der Waals surface area contributed by atoms with Crippen LogP contribution in [-0.4, -0.2) is 56.4 Å². The van der Waals surface area contributed by atoms with E-state index >= 15 is 0 Å². The molecule has 1 amide bonds. The molecule has 0 aromatic carbocycles. The van der Waals surface area contributed by atoms with Crippen molar-refractivity contribution in [3.63, 3.8) is 0 Å². The molecule has 0 aromatic rings. The highest BCUT2D eigenvalue weighted by Crippen LogP contribution is 2.33. The molecule has 3 atom stereocenters. The fourth-order valence-corrected chi connectivity index (χ4v) is 3.79. The first-order valence-corrected chi connectivity index (χ1v) is 8.90. The molecule has 3 aliphatic rings. The second kappa shape index (κ2) is 8.22. The number of rotatable bonds is 6. The average molecular weight is 324 g/mol. The van der Waals surface area contributed by atoms with Crippen LogP contribution in [0.3, 0.4) is 0 Å². The lowest BCUT2D eigenvalue weighted by atomic mass is 9.77. The van der Waals surface area contributed by atoms with E-state index in [0.717, 1.165) is 38.7 Å². The lowest BCUT2D eigenvalue weighted by Gasteiger charge is -2.38. The molecule has 0 N–H and O–H groups in total. The molecule has 2 fully saturated rings. The van der Waals surface area contributed by atoms with Crippen molar-refractivity contribution in [1.82, 2.24) is 5.01 Å². The molecule has 3 rings (SSSR count). The largest absolute Gasteiger partial charge is 0.384 e. The molecule has 2 heterocycles. The standard InChI is InChI=1S/C17H28N2O4/c1-21-12-14-13-6-2-3-7-15(13)18-19(17(14)20)9-11-23-16-8-4-5-10-22-16/h13-14,16H,2-12H2,1H3. The van der Waals surface area contributed by atoms with E-state index in [4.69, 9.17) is 14.2 Å². The first kappa shape index (κ1) is 16.9. The summed E-state index contributed by atoms with van der Waals surface area (Å²) in [5.74, 6) is 0.268. The number of hydrogen-bond donors (Lipinski definition) is 0. The SMILES string of the molecule is COCC1C(=O)N(CCOC2CCCCO2)N=C2CCCCC21. The molecule has 130 valence electrons. The van der Waals surface area contributed by atoms with Crippen LogP contribution in [0.1, 0.15) is 44.9 Å². The van der Waals surface area contributed by atoms with Gasteiger partial charge in [0.05, 0.1) is 25.7 Å². The van der Waals surface area contributed by atoms with E-state index in [-0.39, 0.29) is 24.0 Å². The minimum Gasteiger partial charge on any atom is -0.384 e. The molecule has 0 spiro atoms. The predicted molar refractivity (Wildman–Crippen MR) is 86.0 cm³/mol. The third kappa shape index (κ3) is 4.11. The maximum atomic E-state index is 12.7. The van der Waals surface area contributed by atoms with Crippen molar-refractivity contribution >= 4 is 11.6 Å². The summed E-state index contributed by atoms with van der Waals surface area (Å²) in [5.41, 5.74) is 1.17. The number of ether oxygens (including phenoxy) is 3. The Morgan fingerprint density at radius 3 is 2.91 bits per heavy atom. The summed E-state index contributed by atoms with van der Waals surface area (Å²) in [6.45, 7) is 2.21. The maximum absolute atomic E-state index is 12.7. The summed E-state index contributed by atoms with van der Waals surface area (Å²) in [6, 6.07) is 0. The summed E-state index contributed by atoms with van der Waals surface area (Å²) in [7, 11) is 1.66. The van der Waals surface area contributed by atoms with Crippen LogP contribution in [-0.2, 0) is 19.0 Å². The molecule has 0 aromatic heterocycles. The Kier molecular flexibility index (Phi) is 6.02. The number of carbonyl (C=O) groups excluding carboxylic acids is 1. The van der Waals surface area contributed by atoms with Crippen LogP contribution >= 0.6 is 0 Å². The van der Waals surface area contributed by atoms with Gasteiger partial charge in [-0.3, -0.25) is 4.79 Å². The maximum Gasteiger partial charge on any atom is 0.248 e. The Morgan fingerprint density at radius 2 is 2.13 bits per heavy atom. The number of hydrogen-bond acceptors (Lipinski definition) is 5. The van der Waals surface area contributed by atoms with E-state index in [1.54, 1.807) is 12.1 Å². The van der Waals surface area contributed by atoms with Gasteiger partial charge in [0.2, 0.25) is 5.91 Å². The van der Waals surface area contributed by atoms with Crippen molar-refractivity contribution in [2.75, 3.05) is 33.5 Å². The Labute approximate surface area is 138 Å². The monoisotopic (exact) mass is 324 g/mol. The van der Waals surface area contributed by atoms with E-state index < -0.39 is 0 Å².